The molecule has 2 saturated carbocycles. The monoisotopic (exact) mass is 466 g/mol. The number of nitrogens with zero attached hydrogens (tertiary/aromatic N) is 4. The Balaban J connectivity index is 1.36. The van der Waals surface area contributed by atoms with E-state index in [2.05, 4.69) is 42.1 Å². The summed E-state index contributed by atoms with van der Waals surface area (Å²) in [4.78, 5) is 21.7. The fraction of sp³-hybridized carbons (Fsp3) is 0.448. The van der Waals surface area contributed by atoms with E-state index in [0.717, 1.165) is 49.1 Å². The second-order valence-corrected chi connectivity index (χ2v) is 11.3. The van der Waals surface area contributed by atoms with Gasteiger partial charge < -0.3 is 4.74 Å². The quantitative estimate of drug-likeness (QED) is 0.524. The molecule has 35 heavy (non-hydrogen) atoms. The molecule has 1 aromatic carbocycles. The number of ether oxygens (including phenoxy) is 1. The molecular formula is C29H30N4O2. The first-order valence-corrected chi connectivity index (χ1v) is 12.7. The van der Waals surface area contributed by atoms with E-state index >= 15 is 0 Å². The van der Waals surface area contributed by atoms with Crippen LogP contribution in [0.3, 0.4) is 0 Å². The molecule has 3 aromatic rings. The van der Waals surface area contributed by atoms with Gasteiger partial charge in [-0.25, -0.2) is 4.98 Å². The van der Waals surface area contributed by atoms with E-state index in [1.54, 1.807) is 19.5 Å². The van der Waals surface area contributed by atoms with E-state index in [1.165, 1.54) is 16.8 Å². The van der Waals surface area contributed by atoms with Crippen LogP contribution in [0.15, 0.2) is 54.4 Å². The number of ketones is 1. The van der Waals surface area contributed by atoms with Crippen molar-refractivity contribution in [3.05, 3.63) is 65.7 Å². The van der Waals surface area contributed by atoms with Gasteiger partial charge in [0, 0.05) is 22.0 Å². The SMILES string of the molecule is COc1ccc(-c2c3c(nc4ncnn24)[C@@]2(C)CC[C@H]4[C@@H](CCC5=CC(=O)C=C[C@@]54C)[C@@H]2C3)cc1. The number of methoxy groups -OCH3 is 1. The van der Waals surface area contributed by atoms with E-state index in [1.807, 2.05) is 22.7 Å². The standard InChI is InChI=1S/C29H30N4O2/c1-28-12-10-19(34)14-18(28)6-9-21-23(28)11-13-29(2)24(21)15-22-25(17-4-7-20(35-3)8-5-17)33-27(30-16-31-33)32-26(22)29/h4-5,7-8,10,12,14,16,21,23-24H,6,9,11,13,15H2,1-3H3/t21-,23+,24+,28+,29+/m1/s1. The summed E-state index contributed by atoms with van der Waals surface area (Å²) in [5.74, 6) is 3.35. The summed E-state index contributed by atoms with van der Waals surface area (Å²) < 4.78 is 7.32. The number of rotatable bonds is 2. The molecule has 4 aliphatic rings. The number of benzene rings is 1. The average Bonchev–Trinajstić information content (AvgIpc) is 3.45. The highest BCUT2D eigenvalue weighted by molar-refractivity contribution is 6.01. The van der Waals surface area contributed by atoms with E-state index < -0.39 is 0 Å². The van der Waals surface area contributed by atoms with Gasteiger partial charge in [-0.2, -0.15) is 14.6 Å². The third-order valence-electron chi connectivity index (χ3n) is 9.80. The van der Waals surface area contributed by atoms with Crippen LogP contribution in [0.5, 0.6) is 5.75 Å². The highest BCUT2D eigenvalue weighted by Crippen LogP contribution is 2.64. The molecule has 0 amide bonds. The Kier molecular flexibility index (Phi) is 4.28. The topological polar surface area (TPSA) is 69.4 Å². The van der Waals surface area contributed by atoms with Crippen LogP contribution in [-0.4, -0.2) is 32.5 Å². The van der Waals surface area contributed by atoms with Crippen LogP contribution in [0.25, 0.3) is 17.0 Å². The number of carbonyl (C=O) groups is 1. The molecule has 178 valence electrons. The third kappa shape index (κ3) is 2.77. The number of hydrogen-bond acceptors (Lipinski definition) is 5. The van der Waals surface area contributed by atoms with Crippen molar-refractivity contribution in [2.24, 2.45) is 23.2 Å². The molecular weight excluding hydrogens is 436 g/mol. The molecule has 0 aliphatic heterocycles. The summed E-state index contributed by atoms with van der Waals surface area (Å²) in [5.41, 5.74) is 6.13. The zero-order valence-corrected chi connectivity index (χ0v) is 20.5. The van der Waals surface area contributed by atoms with E-state index in [9.17, 15) is 4.79 Å². The maximum absolute atomic E-state index is 12.1. The first-order chi connectivity index (χ1) is 16.9. The molecule has 5 atom stereocenters. The largest absolute Gasteiger partial charge is 0.497 e. The highest BCUT2D eigenvalue weighted by Gasteiger charge is 2.58. The number of carbonyl (C=O) groups excluding carboxylic acids is 1. The number of allylic oxidation sites excluding steroid dienone is 4. The maximum Gasteiger partial charge on any atom is 0.252 e. The predicted octanol–water partition coefficient (Wildman–Crippen LogP) is 5.12. The Morgan fingerprint density at radius 2 is 1.94 bits per heavy atom. The lowest BCUT2D eigenvalue weighted by molar-refractivity contribution is -0.111. The van der Waals surface area contributed by atoms with E-state index in [0.29, 0.717) is 23.5 Å². The first-order valence-electron chi connectivity index (χ1n) is 12.7. The van der Waals surface area contributed by atoms with Crippen molar-refractivity contribution in [2.45, 2.75) is 51.4 Å². The highest BCUT2D eigenvalue weighted by atomic mass is 16.5. The molecule has 2 heterocycles. The second-order valence-electron chi connectivity index (χ2n) is 11.3. The molecule has 0 N–H and O–H groups in total. The van der Waals surface area contributed by atoms with E-state index in [-0.39, 0.29) is 16.6 Å². The Bertz CT molecular complexity index is 1430. The fourth-order valence-corrected chi connectivity index (χ4v) is 8.00. The molecule has 0 saturated heterocycles. The van der Waals surface area contributed by atoms with Crippen molar-refractivity contribution >= 4 is 11.6 Å². The Morgan fingerprint density at radius 1 is 1.11 bits per heavy atom. The number of aromatic nitrogens is 4. The van der Waals surface area contributed by atoms with Crippen LogP contribution in [0, 0.1) is 23.2 Å². The number of hydrogen-bond donors (Lipinski definition) is 0. The van der Waals surface area contributed by atoms with Crippen molar-refractivity contribution in [3.8, 4) is 17.0 Å². The van der Waals surface area contributed by atoms with Crippen molar-refractivity contribution in [1.82, 2.24) is 19.6 Å². The van der Waals surface area contributed by atoms with Crippen molar-refractivity contribution in [1.29, 1.82) is 0 Å². The second kappa shape index (κ2) is 7.12. The van der Waals surface area contributed by atoms with Crippen molar-refractivity contribution in [3.63, 3.8) is 0 Å². The van der Waals surface area contributed by atoms with Gasteiger partial charge in [0.2, 0.25) is 0 Å². The van der Waals surface area contributed by atoms with Gasteiger partial charge in [0.15, 0.2) is 5.78 Å². The predicted molar refractivity (Wildman–Crippen MR) is 133 cm³/mol. The van der Waals surface area contributed by atoms with Crippen LogP contribution in [0.4, 0.5) is 0 Å². The van der Waals surface area contributed by atoms with Gasteiger partial charge in [0.25, 0.3) is 5.78 Å². The minimum atomic E-state index is -0.00466. The minimum absolute atomic E-state index is 0.00466. The average molecular weight is 467 g/mol. The van der Waals surface area contributed by atoms with Crippen molar-refractivity contribution < 1.29 is 9.53 Å². The van der Waals surface area contributed by atoms with Gasteiger partial charge in [0.1, 0.15) is 12.1 Å². The Morgan fingerprint density at radius 3 is 2.74 bits per heavy atom. The molecule has 0 radical (unpaired) electrons. The Labute approximate surface area is 205 Å². The van der Waals surface area contributed by atoms with Gasteiger partial charge in [-0.05, 0) is 86.3 Å². The number of fused-ring (bicyclic) bond motifs is 8. The minimum Gasteiger partial charge on any atom is -0.497 e. The molecule has 6 nitrogen and oxygen atoms in total. The summed E-state index contributed by atoms with van der Waals surface area (Å²) in [5, 5.41) is 4.57. The molecule has 0 spiro atoms. The van der Waals surface area contributed by atoms with Gasteiger partial charge >= 0.3 is 0 Å². The van der Waals surface area contributed by atoms with Crippen LogP contribution >= 0.6 is 0 Å². The molecule has 6 heteroatoms. The normalized spacial score (nSPS) is 33.1. The molecule has 0 bridgehead atoms. The van der Waals surface area contributed by atoms with Gasteiger partial charge in [0.05, 0.1) is 18.5 Å². The smallest absolute Gasteiger partial charge is 0.252 e. The van der Waals surface area contributed by atoms with Crippen LogP contribution in [0.1, 0.15) is 50.8 Å². The third-order valence-corrected chi connectivity index (χ3v) is 9.80. The van der Waals surface area contributed by atoms with Gasteiger partial charge in [-0.3, -0.25) is 4.79 Å². The Hall–Kier alpha value is -3.28. The maximum atomic E-state index is 12.1. The summed E-state index contributed by atoms with van der Waals surface area (Å²) in [6, 6.07) is 8.25. The summed E-state index contributed by atoms with van der Waals surface area (Å²) >= 11 is 0. The fourth-order valence-electron chi connectivity index (χ4n) is 8.00. The lowest BCUT2D eigenvalue weighted by Crippen LogP contribution is -2.50. The van der Waals surface area contributed by atoms with Crippen LogP contribution in [-0.2, 0) is 16.6 Å². The molecule has 4 aliphatic carbocycles. The zero-order chi connectivity index (χ0) is 23.9. The molecule has 7 rings (SSSR count). The van der Waals surface area contributed by atoms with E-state index in [4.69, 9.17) is 9.72 Å². The summed E-state index contributed by atoms with van der Waals surface area (Å²) in [7, 11) is 1.69. The molecule has 2 aromatic heterocycles. The lowest BCUT2D eigenvalue weighted by atomic mass is 9.48. The molecule has 2 fully saturated rings. The zero-order valence-electron chi connectivity index (χ0n) is 20.5. The van der Waals surface area contributed by atoms with Crippen LogP contribution < -0.4 is 4.74 Å². The van der Waals surface area contributed by atoms with Gasteiger partial charge in [-0.1, -0.05) is 25.5 Å². The molecule has 0 unspecified atom stereocenters. The summed E-state index contributed by atoms with van der Waals surface area (Å²) in [6.07, 6.45) is 13.0. The van der Waals surface area contributed by atoms with Crippen molar-refractivity contribution in [2.75, 3.05) is 7.11 Å². The lowest BCUT2D eigenvalue weighted by Gasteiger charge is -2.56. The van der Waals surface area contributed by atoms with Gasteiger partial charge in [-0.15, -0.1) is 0 Å². The van der Waals surface area contributed by atoms with Crippen LogP contribution in [0.2, 0.25) is 0 Å². The summed E-state index contributed by atoms with van der Waals surface area (Å²) in [6.45, 7) is 4.80. The first kappa shape index (κ1) is 21.0.